The number of amides is 1. The van der Waals surface area contributed by atoms with Crippen molar-refractivity contribution < 1.29 is 9.72 Å². The van der Waals surface area contributed by atoms with Crippen molar-refractivity contribution in [3.63, 3.8) is 0 Å². The van der Waals surface area contributed by atoms with Crippen LogP contribution in [0.5, 0.6) is 0 Å². The maximum Gasteiger partial charge on any atom is 0.333 e. The van der Waals surface area contributed by atoms with E-state index in [1.54, 1.807) is 20.9 Å². The third-order valence-electron chi connectivity index (χ3n) is 2.64. The van der Waals surface area contributed by atoms with Gasteiger partial charge in [0.15, 0.2) is 0 Å². The predicted octanol–water partition coefficient (Wildman–Crippen LogP) is 0.559. The highest BCUT2D eigenvalue weighted by Crippen LogP contribution is 2.28. The first kappa shape index (κ1) is 13.9. The number of carbonyl (C=O) groups is 1. The number of aromatic nitrogens is 2. The van der Waals surface area contributed by atoms with Gasteiger partial charge in [0, 0.05) is 7.05 Å². The Morgan fingerprint density at radius 2 is 2.11 bits per heavy atom. The number of carbonyl (C=O) groups excluding carboxylic acids is 1. The van der Waals surface area contributed by atoms with Crippen molar-refractivity contribution >= 4 is 17.4 Å². The lowest BCUT2D eigenvalue weighted by molar-refractivity contribution is -0.384. The minimum Gasteiger partial charge on any atom is -0.368 e. The predicted molar refractivity (Wildman–Crippen MR) is 66.0 cm³/mol. The lowest BCUT2D eigenvalue weighted by Gasteiger charge is -2.19. The Balaban J connectivity index is 3.17. The second kappa shape index (κ2) is 5.03. The van der Waals surface area contributed by atoms with Crippen LogP contribution in [0.1, 0.15) is 19.5 Å². The number of anilines is 1. The summed E-state index contributed by atoms with van der Waals surface area (Å²) in [5.41, 5.74) is 5.42. The Bertz CT molecular complexity index is 480. The van der Waals surface area contributed by atoms with Crippen molar-refractivity contribution in [1.29, 1.82) is 0 Å². The van der Waals surface area contributed by atoms with Crippen LogP contribution < -0.4 is 11.1 Å². The number of nitrogens with zero attached hydrogens (tertiary/aromatic N) is 3. The van der Waals surface area contributed by atoms with Gasteiger partial charge >= 0.3 is 5.69 Å². The average Bonchev–Trinajstić information content (AvgIpc) is 2.48. The van der Waals surface area contributed by atoms with Crippen LogP contribution in [-0.4, -0.2) is 26.7 Å². The van der Waals surface area contributed by atoms with Gasteiger partial charge in [-0.05, 0) is 12.8 Å². The maximum absolute atomic E-state index is 11.3. The van der Waals surface area contributed by atoms with Gasteiger partial charge in [-0.25, -0.2) is 4.68 Å². The van der Waals surface area contributed by atoms with Crippen molar-refractivity contribution in [2.75, 3.05) is 5.32 Å². The van der Waals surface area contributed by atoms with Crippen molar-refractivity contribution in [3.8, 4) is 0 Å². The number of hydrogen-bond donors (Lipinski definition) is 2. The summed E-state index contributed by atoms with van der Waals surface area (Å²) in [4.78, 5) is 21.8. The fourth-order valence-electron chi connectivity index (χ4n) is 1.74. The molecular weight excluding hydrogens is 238 g/mol. The summed E-state index contributed by atoms with van der Waals surface area (Å²) in [6.45, 7) is 5.15. The molecule has 0 saturated heterocycles. The Hall–Kier alpha value is -2.12. The van der Waals surface area contributed by atoms with Crippen LogP contribution in [0.3, 0.4) is 0 Å². The highest BCUT2D eigenvalue weighted by Gasteiger charge is 2.28. The van der Waals surface area contributed by atoms with Gasteiger partial charge in [-0.2, -0.15) is 5.10 Å². The normalized spacial score (nSPS) is 12.5. The molecule has 0 aliphatic rings. The van der Waals surface area contributed by atoms with Gasteiger partial charge < -0.3 is 11.1 Å². The molecule has 1 aromatic rings. The topological polar surface area (TPSA) is 116 Å². The molecular formula is C10H17N5O3. The van der Waals surface area contributed by atoms with E-state index in [-0.39, 0.29) is 23.1 Å². The van der Waals surface area contributed by atoms with Crippen LogP contribution >= 0.6 is 0 Å². The highest BCUT2D eigenvalue weighted by atomic mass is 16.6. The van der Waals surface area contributed by atoms with E-state index >= 15 is 0 Å². The summed E-state index contributed by atoms with van der Waals surface area (Å²) in [6.07, 6.45) is 0. The van der Waals surface area contributed by atoms with Crippen LogP contribution in [0.2, 0.25) is 0 Å². The number of rotatable bonds is 5. The van der Waals surface area contributed by atoms with Crippen LogP contribution in [-0.2, 0) is 11.8 Å². The smallest absolute Gasteiger partial charge is 0.333 e. The molecule has 3 N–H and O–H groups in total. The molecule has 1 atom stereocenters. The number of nitrogens with one attached hydrogen (secondary N) is 1. The number of primary amides is 1. The number of aryl methyl sites for hydroxylation is 2. The van der Waals surface area contributed by atoms with E-state index < -0.39 is 16.9 Å². The second-order valence-electron chi connectivity index (χ2n) is 4.43. The first-order valence-electron chi connectivity index (χ1n) is 5.49. The molecule has 1 unspecified atom stereocenters. The molecule has 100 valence electrons. The zero-order chi connectivity index (χ0) is 14.0. The molecule has 8 nitrogen and oxygen atoms in total. The molecule has 8 heteroatoms. The van der Waals surface area contributed by atoms with Crippen LogP contribution in [0.15, 0.2) is 0 Å². The SMILES string of the molecule is Cc1nn(C)c(NC(C(N)=O)C(C)C)c1[N+](=O)[O-]. The van der Waals surface area contributed by atoms with E-state index in [0.29, 0.717) is 0 Å². The summed E-state index contributed by atoms with van der Waals surface area (Å²) in [7, 11) is 1.57. The van der Waals surface area contributed by atoms with Gasteiger partial charge in [0.25, 0.3) is 0 Å². The molecule has 0 aromatic carbocycles. The van der Waals surface area contributed by atoms with Crippen LogP contribution in [0, 0.1) is 23.0 Å². The van der Waals surface area contributed by atoms with Gasteiger partial charge in [0.05, 0.1) is 4.92 Å². The Morgan fingerprint density at radius 1 is 1.56 bits per heavy atom. The van der Waals surface area contributed by atoms with Gasteiger partial charge in [-0.15, -0.1) is 0 Å². The molecule has 1 amide bonds. The van der Waals surface area contributed by atoms with Crippen LogP contribution in [0.4, 0.5) is 11.5 Å². The fourth-order valence-corrected chi connectivity index (χ4v) is 1.74. The quantitative estimate of drug-likeness (QED) is 0.589. The van der Waals surface area contributed by atoms with Crippen molar-refractivity contribution in [2.45, 2.75) is 26.8 Å². The molecule has 0 aliphatic carbocycles. The van der Waals surface area contributed by atoms with E-state index in [0.717, 1.165) is 0 Å². The second-order valence-corrected chi connectivity index (χ2v) is 4.43. The first-order valence-corrected chi connectivity index (χ1v) is 5.49. The van der Waals surface area contributed by atoms with E-state index in [2.05, 4.69) is 10.4 Å². The summed E-state index contributed by atoms with van der Waals surface area (Å²) < 4.78 is 1.34. The number of nitro groups is 1. The Morgan fingerprint density at radius 3 is 2.50 bits per heavy atom. The largest absolute Gasteiger partial charge is 0.368 e. The number of hydrogen-bond acceptors (Lipinski definition) is 5. The Labute approximate surface area is 104 Å². The van der Waals surface area contributed by atoms with Gasteiger partial charge in [0.2, 0.25) is 11.7 Å². The van der Waals surface area contributed by atoms with Gasteiger partial charge in [-0.1, -0.05) is 13.8 Å². The molecule has 0 aliphatic heterocycles. The van der Waals surface area contributed by atoms with Gasteiger partial charge in [0.1, 0.15) is 11.7 Å². The Kier molecular flexibility index (Phi) is 3.89. The molecule has 0 saturated carbocycles. The standard InChI is InChI=1S/C10H17N5O3/c1-5(2)7(9(11)16)12-10-8(15(17)18)6(3)13-14(10)4/h5,7,12H,1-4H3,(H2,11,16). The van der Waals surface area contributed by atoms with Crippen molar-refractivity contribution in [3.05, 3.63) is 15.8 Å². The first-order chi connectivity index (χ1) is 8.25. The lowest BCUT2D eigenvalue weighted by atomic mass is 10.0. The summed E-state index contributed by atoms with van der Waals surface area (Å²) in [5.74, 6) is -0.453. The van der Waals surface area contributed by atoms with E-state index in [4.69, 9.17) is 5.73 Å². The zero-order valence-electron chi connectivity index (χ0n) is 10.8. The fraction of sp³-hybridized carbons (Fsp3) is 0.600. The van der Waals surface area contributed by atoms with Gasteiger partial charge in [-0.3, -0.25) is 14.9 Å². The molecule has 0 bridgehead atoms. The summed E-state index contributed by atoms with van der Waals surface area (Å²) in [6, 6.07) is -0.682. The monoisotopic (exact) mass is 255 g/mol. The van der Waals surface area contributed by atoms with E-state index in [9.17, 15) is 14.9 Å². The van der Waals surface area contributed by atoms with Crippen molar-refractivity contribution in [2.24, 2.45) is 18.7 Å². The summed E-state index contributed by atoms with van der Waals surface area (Å²) in [5, 5.41) is 17.7. The molecule has 18 heavy (non-hydrogen) atoms. The van der Waals surface area contributed by atoms with Crippen LogP contribution in [0.25, 0.3) is 0 Å². The minimum atomic E-state index is -0.682. The average molecular weight is 255 g/mol. The highest BCUT2D eigenvalue weighted by molar-refractivity contribution is 5.83. The maximum atomic E-state index is 11.3. The van der Waals surface area contributed by atoms with E-state index in [1.165, 1.54) is 11.6 Å². The molecule has 0 fully saturated rings. The third-order valence-corrected chi connectivity index (χ3v) is 2.64. The lowest BCUT2D eigenvalue weighted by Crippen LogP contribution is -2.40. The number of nitrogens with two attached hydrogens (primary N) is 1. The molecule has 0 radical (unpaired) electrons. The summed E-state index contributed by atoms with van der Waals surface area (Å²) >= 11 is 0. The molecule has 1 heterocycles. The molecule has 0 spiro atoms. The molecule has 1 rings (SSSR count). The third kappa shape index (κ3) is 2.58. The van der Waals surface area contributed by atoms with Crippen molar-refractivity contribution in [1.82, 2.24) is 9.78 Å². The minimum absolute atomic E-state index is 0.0858. The zero-order valence-corrected chi connectivity index (χ0v) is 10.8. The van der Waals surface area contributed by atoms with E-state index in [1.807, 2.05) is 0 Å². The molecule has 1 aromatic heterocycles.